The van der Waals surface area contributed by atoms with Crippen molar-refractivity contribution >= 4 is 78.6 Å². The lowest BCUT2D eigenvalue weighted by Crippen LogP contribution is -2.09. The fraction of sp³-hybridized carbons (Fsp3) is 0.0588. The van der Waals surface area contributed by atoms with Gasteiger partial charge in [0.2, 0.25) is 0 Å². The molecule has 38 heavy (non-hydrogen) atoms. The molecule has 2 bridgehead atoms. The molecular weight excluding hydrogens is 482 g/mol. The number of rotatable bonds is 1. The molecule has 9 rings (SSSR count). The smallest absolute Gasteiger partial charge is 0.0811 e. The average Bonchev–Trinajstić information content (AvgIpc) is 3.63. The first-order valence-electron chi connectivity index (χ1n) is 13.1. The van der Waals surface area contributed by atoms with Gasteiger partial charge in [0.25, 0.3) is 0 Å². The largest absolute Gasteiger partial charge is 0.316 e. The van der Waals surface area contributed by atoms with E-state index in [0.29, 0.717) is 0 Å². The Morgan fingerprint density at radius 1 is 0.684 bits per heavy atom. The van der Waals surface area contributed by atoms with Gasteiger partial charge in [-0.15, -0.1) is 11.3 Å². The summed E-state index contributed by atoms with van der Waals surface area (Å²) in [4.78, 5) is 0. The number of para-hydroxylation sites is 2. The fourth-order valence-corrected chi connectivity index (χ4v) is 7.60. The molecule has 1 aliphatic rings. The van der Waals surface area contributed by atoms with Crippen molar-refractivity contribution in [3.63, 3.8) is 0 Å². The normalized spacial score (nSPS) is 13.6. The van der Waals surface area contributed by atoms with E-state index in [1.807, 2.05) is 0 Å². The molecule has 5 aromatic heterocycles. The van der Waals surface area contributed by atoms with Crippen molar-refractivity contribution in [3.8, 4) is 5.69 Å². The molecule has 0 spiro atoms. The number of aromatic nitrogens is 3. The zero-order chi connectivity index (χ0) is 25.0. The summed E-state index contributed by atoms with van der Waals surface area (Å²) in [7, 11) is 0. The molecule has 0 saturated heterocycles. The molecule has 0 atom stereocenters. The number of nitrogens with zero attached hydrogens (tertiary/aromatic N) is 3. The van der Waals surface area contributed by atoms with E-state index in [1.54, 1.807) is 11.3 Å². The average molecular weight is 506 g/mol. The maximum Gasteiger partial charge on any atom is 0.0811 e. The monoisotopic (exact) mass is 505 g/mol. The maximum absolute atomic E-state index is 4.87. The third kappa shape index (κ3) is 2.44. The third-order valence-corrected chi connectivity index (χ3v) is 9.09. The standard InChI is InChI=1S/C34H23N3S/c1-21-32-29-16-15-25-23-11-5-8-14-28(23)37(34(25)32)31-20-38-19-30(31)36-27-13-7-6-12-24(27)26(33(21)36)17-18-35(29)22-9-3-2-4-10-22/h2-6,8-12,14-20H,1,7,13H2. The Kier molecular flexibility index (Phi) is 3.93. The molecule has 0 saturated carbocycles. The Balaban J connectivity index is 1.73. The molecule has 5 heterocycles. The van der Waals surface area contributed by atoms with Crippen molar-refractivity contribution in [1.29, 1.82) is 0 Å². The predicted octanol–water partition coefficient (Wildman–Crippen LogP) is 8.31. The van der Waals surface area contributed by atoms with Gasteiger partial charge in [-0.1, -0.05) is 61.2 Å². The summed E-state index contributed by atoms with van der Waals surface area (Å²) >= 11 is 1.78. The van der Waals surface area contributed by atoms with E-state index in [-0.39, 0.29) is 0 Å². The number of thiophene rings is 1. The second-order valence-corrected chi connectivity index (χ2v) is 11.0. The summed E-state index contributed by atoms with van der Waals surface area (Å²) in [5.74, 6) is 0. The van der Waals surface area contributed by atoms with Crippen LogP contribution in [0.3, 0.4) is 0 Å². The fourth-order valence-electron chi connectivity index (χ4n) is 6.82. The number of fused-ring (bicyclic) bond motifs is 9. The molecule has 4 heteroatoms. The van der Waals surface area contributed by atoms with E-state index < -0.39 is 0 Å². The van der Waals surface area contributed by atoms with Gasteiger partial charge in [-0.3, -0.25) is 0 Å². The van der Waals surface area contributed by atoms with Gasteiger partial charge < -0.3 is 13.4 Å². The first-order chi connectivity index (χ1) is 18.8. The number of benzene rings is 3. The zero-order valence-electron chi connectivity index (χ0n) is 20.7. The van der Waals surface area contributed by atoms with Crippen molar-refractivity contribution in [3.05, 3.63) is 112 Å². The molecule has 180 valence electrons. The van der Waals surface area contributed by atoms with Crippen molar-refractivity contribution in [2.24, 2.45) is 0 Å². The maximum atomic E-state index is 4.87. The van der Waals surface area contributed by atoms with Gasteiger partial charge in [-0.05, 0) is 43.2 Å². The number of hydrogen-bond acceptors (Lipinski definition) is 1. The Hall–Kier alpha value is -4.54. The van der Waals surface area contributed by atoms with Crippen LogP contribution in [0.4, 0.5) is 0 Å². The van der Waals surface area contributed by atoms with Gasteiger partial charge in [-0.2, -0.15) is 0 Å². The lowest BCUT2D eigenvalue weighted by Gasteiger charge is -2.14. The Bertz CT molecular complexity index is 2360. The molecule has 0 fully saturated rings. The highest BCUT2D eigenvalue weighted by atomic mass is 32.1. The molecular formula is C34H23N3S. The number of hydrogen-bond donors (Lipinski definition) is 0. The van der Waals surface area contributed by atoms with Crippen LogP contribution in [-0.2, 0) is 6.42 Å². The first-order valence-corrected chi connectivity index (χ1v) is 14.0. The lowest BCUT2D eigenvalue weighted by atomic mass is 10.0. The van der Waals surface area contributed by atoms with E-state index in [4.69, 9.17) is 6.58 Å². The molecule has 0 N–H and O–H groups in total. The van der Waals surface area contributed by atoms with Crippen LogP contribution >= 0.6 is 11.3 Å². The van der Waals surface area contributed by atoms with Crippen LogP contribution in [0, 0.1) is 0 Å². The molecule has 3 aromatic carbocycles. The molecule has 0 aliphatic heterocycles. The second kappa shape index (κ2) is 7.27. The topological polar surface area (TPSA) is 13.8 Å². The van der Waals surface area contributed by atoms with Crippen molar-refractivity contribution in [2.75, 3.05) is 0 Å². The van der Waals surface area contributed by atoms with Crippen molar-refractivity contribution < 1.29 is 0 Å². The van der Waals surface area contributed by atoms with Crippen molar-refractivity contribution in [1.82, 2.24) is 13.4 Å². The quantitative estimate of drug-likeness (QED) is 0.213. The molecule has 0 radical (unpaired) electrons. The van der Waals surface area contributed by atoms with Crippen LogP contribution < -0.4 is 5.22 Å². The van der Waals surface area contributed by atoms with Crippen LogP contribution in [0.25, 0.3) is 73.0 Å². The summed E-state index contributed by atoms with van der Waals surface area (Å²) < 4.78 is 7.34. The number of allylic oxidation sites excluding steroid dienone is 1. The first kappa shape index (κ1) is 20.5. The highest BCUT2D eigenvalue weighted by Gasteiger charge is 2.22. The van der Waals surface area contributed by atoms with Crippen LogP contribution in [0.1, 0.15) is 17.7 Å². The van der Waals surface area contributed by atoms with Gasteiger partial charge in [0.1, 0.15) is 0 Å². The molecule has 0 amide bonds. The van der Waals surface area contributed by atoms with Gasteiger partial charge in [0.05, 0.1) is 33.1 Å². The van der Waals surface area contributed by atoms with E-state index >= 15 is 0 Å². The van der Waals surface area contributed by atoms with Crippen LogP contribution in [0.5, 0.6) is 0 Å². The Morgan fingerprint density at radius 3 is 2.39 bits per heavy atom. The summed E-state index contributed by atoms with van der Waals surface area (Å²) in [6.45, 7) is 4.87. The SMILES string of the molecule is C=c1c2c3ccc4c5ccccc5n(c5cscc5n5c6c(c(ccn3-c3ccccc3)c15)C=CCC6)c42. The highest BCUT2D eigenvalue weighted by molar-refractivity contribution is 7.09. The van der Waals surface area contributed by atoms with E-state index in [9.17, 15) is 0 Å². The lowest BCUT2D eigenvalue weighted by molar-refractivity contribution is 0.923. The minimum atomic E-state index is 1.02. The minimum Gasteiger partial charge on any atom is -0.316 e. The van der Waals surface area contributed by atoms with Gasteiger partial charge in [-0.25, -0.2) is 0 Å². The molecule has 8 aromatic rings. The van der Waals surface area contributed by atoms with E-state index in [0.717, 1.165) is 29.3 Å². The summed E-state index contributed by atoms with van der Waals surface area (Å²) in [5, 5.41) is 10.7. The molecule has 1 aliphatic carbocycles. The summed E-state index contributed by atoms with van der Waals surface area (Å²) in [5.41, 5.74) is 11.2. The van der Waals surface area contributed by atoms with Crippen LogP contribution in [0.2, 0.25) is 0 Å². The van der Waals surface area contributed by atoms with Crippen molar-refractivity contribution in [2.45, 2.75) is 12.8 Å². The minimum absolute atomic E-state index is 1.02. The van der Waals surface area contributed by atoms with E-state index in [2.05, 4.69) is 115 Å². The summed E-state index contributed by atoms with van der Waals surface area (Å²) in [6.07, 6.45) is 8.96. The molecule has 3 nitrogen and oxygen atoms in total. The van der Waals surface area contributed by atoms with Crippen LogP contribution in [0.15, 0.2) is 95.8 Å². The van der Waals surface area contributed by atoms with Gasteiger partial charge in [0.15, 0.2) is 0 Å². The second-order valence-electron chi connectivity index (χ2n) is 10.2. The van der Waals surface area contributed by atoms with Gasteiger partial charge >= 0.3 is 0 Å². The van der Waals surface area contributed by atoms with E-state index in [1.165, 1.54) is 60.4 Å². The highest BCUT2D eigenvalue weighted by Crippen LogP contribution is 2.38. The number of aryl methyl sites for hydroxylation is 1. The Labute approximate surface area is 222 Å². The summed E-state index contributed by atoms with van der Waals surface area (Å²) in [6, 6.07) is 26.4. The van der Waals surface area contributed by atoms with Crippen LogP contribution in [-0.4, -0.2) is 13.4 Å². The Morgan fingerprint density at radius 2 is 1.50 bits per heavy atom. The zero-order valence-corrected chi connectivity index (χ0v) is 21.5. The predicted molar refractivity (Wildman–Crippen MR) is 162 cm³/mol. The molecule has 0 unspecified atom stereocenters. The third-order valence-electron chi connectivity index (χ3n) is 8.37. The van der Waals surface area contributed by atoms with Gasteiger partial charge in [0, 0.05) is 60.7 Å².